The van der Waals surface area contributed by atoms with Crippen LogP contribution in [0.5, 0.6) is 5.75 Å². The number of benzene rings is 2. The number of carbonyl (C=O) groups excluding carboxylic acids is 1. The molecule has 2 N–H and O–H groups in total. The second-order valence-electron chi connectivity index (χ2n) is 10.6. The van der Waals surface area contributed by atoms with Gasteiger partial charge in [-0.05, 0) is 54.7 Å². The third-order valence-electron chi connectivity index (χ3n) is 6.68. The minimum Gasteiger partial charge on any atom is -0.544 e. The number of epoxide rings is 1. The van der Waals surface area contributed by atoms with E-state index in [9.17, 15) is 9.90 Å². The Kier molecular flexibility index (Phi) is 7.56. The Morgan fingerprint density at radius 1 is 1.12 bits per heavy atom. The molecule has 3 atom stereocenters. The summed E-state index contributed by atoms with van der Waals surface area (Å²) in [7, 11) is -1.92. The van der Waals surface area contributed by atoms with Crippen molar-refractivity contribution in [2.75, 3.05) is 6.61 Å². The molecule has 1 saturated heterocycles. The molecule has 2 aromatic rings. The molecule has 7 heteroatoms. The molecule has 1 amide bonds. The Labute approximate surface area is 198 Å². The van der Waals surface area contributed by atoms with Crippen LogP contribution in [0.1, 0.15) is 38.8 Å². The molecule has 6 nitrogen and oxygen atoms in total. The van der Waals surface area contributed by atoms with Gasteiger partial charge in [0.05, 0.1) is 12.6 Å². The Hall–Kier alpha value is -2.35. The molecule has 0 spiro atoms. The molecule has 2 aromatic carbocycles. The third kappa shape index (κ3) is 6.82. The van der Waals surface area contributed by atoms with Gasteiger partial charge in [-0.3, -0.25) is 0 Å². The highest BCUT2D eigenvalue weighted by Gasteiger charge is 2.50. The standard InChI is InChI=1S/C26H37NO5Si/c1-25(2,3)33(5,6)32-21-14-12-19(13-15-21)16-22(23(28)26(4)18-31-26)27-24(29)30-17-20-10-8-7-9-11-20/h7-15,22-23,28H,16-18H2,1-6H3,(H,27,29)/t22-,23-,26?/m0/s1. The average molecular weight is 472 g/mol. The minimum absolute atomic E-state index is 0.116. The number of nitrogens with one attached hydrogen (secondary N) is 1. The lowest BCUT2D eigenvalue weighted by atomic mass is 9.93. The van der Waals surface area contributed by atoms with Gasteiger partial charge >= 0.3 is 6.09 Å². The first-order valence-electron chi connectivity index (χ1n) is 11.5. The topological polar surface area (TPSA) is 80.3 Å². The van der Waals surface area contributed by atoms with E-state index < -0.39 is 32.2 Å². The lowest BCUT2D eigenvalue weighted by Gasteiger charge is -2.36. The van der Waals surface area contributed by atoms with E-state index in [0.29, 0.717) is 13.0 Å². The van der Waals surface area contributed by atoms with Crippen LogP contribution in [0.4, 0.5) is 4.79 Å². The molecule has 1 aliphatic heterocycles. The fraction of sp³-hybridized carbons (Fsp3) is 0.500. The number of rotatable bonds is 9. The van der Waals surface area contributed by atoms with Crippen molar-refractivity contribution < 1.29 is 23.8 Å². The van der Waals surface area contributed by atoms with E-state index in [-0.39, 0.29) is 11.6 Å². The summed E-state index contributed by atoms with van der Waals surface area (Å²) in [5.74, 6) is 0.843. The van der Waals surface area contributed by atoms with Gasteiger partial charge in [0.1, 0.15) is 24.1 Å². The fourth-order valence-corrected chi connectivity index (χ4v) is 4.29. The summed E-state index contributed by atoms with van der Waals surface area (Å²) in [6.07, 6.45) is -0.976. The van der Waals surface area contributed by atoms with Gasteiger partial charge in [0.15, 0.2) is 0 Å². The predicted molar refractivity (Wildman–Crippen MR) is 132 cm³/mol. The number of aliphatic hydroxyl groups is 1. The van der Waals surface area contributed by atoms with Gasteiger partial charge in [-0.15, -0.1) is 0 Å². The molecule has 33 heavy (non-hydrogen) atoms. The summed E-state index contributed by atoms with van der Waals surface area (Å²) in [4.78, 5) is 12.5. The molecule has 0 aliphatic carbocycles. The second-order valence-corrected chi connectivity index (χ2v) is 15.3. The molecule has 0 radical (unpaired) electrons. The lowest BCUT2D eigenvalue weighted by molar-refractivity contribution is 0.0469. The van der Waals surface area contributed by atoms with Gasteiger partial charge in [0.2, 0.25) is 8.32 Å². The Morgan fingerprint density at radius 3 is 2.27 bits per heavy atom. The smallest absolute Gasteiger partial charge is 0.407 e. The van der Waals surface area contributed by atoms with Crippen molar-refractivity contribution in [1.82, 2.24) is 5.32 Å². The minimum atomic E-state index is -1.92. The number of ether oxygens (including phenoxy) is 2. The molecule has 1 heterocycles. The molecule has 0 aromatic heterocycles. The van der Waals surface area contributed by atoms with Crippen LogP contribution in [0.15, 0.2) is 54.6 Å². The zero-order chi connectivity index (χ0) is 24.3. The third-order valence-corrected chi connectivity index (χ3v) is 11.0. The molecule has 1 aliphatic rings. The maximum absolute atomic E-state index is 12.5. The Balaban J connectivity index is 1.64. The predicted octanol–water partition coefficient (Wildman–Crippen LogP) is 5.06. The molecule has 180 valence electrons. The second kappa shape index (κ2) is 9.87. The van der Waals surface area contributed by atoms with Crippen LogP contribution in [0, 0.1) is 0 Å². The summed E-state index contributed by atoms with van der Waals surface area (Å²) in [6.45, 7) is 13.5. The number of hydrogen-bond donors (Lipinski definition) is 2. The fourth-order valence-electron chi connectivity index (χ4n) is 3.26. The summed E-state index contributed by atoms with van der Waals surface area (Å²) in [5, 5.41) is 13.8. The Morgan fingerprint density at radius 2 is 1.73 bits per heavy atom. The normalized spacial score (nSPS) is 20.0. The van der Waals surface area contributed by atoms with Crippen molar-refractivity contribution in [2.45, 2.75) is 76.6 Å². The number of amides is 1. The summed E-state index contributed by atoms with van der Waals surface area (Å²) in [5.41, 5.74) is 1.23. The summed E-state index contributed by atoms with van der Waals surface area (Å²) < 4.78 is 17.2. The maximum atomic E-state index is 12.5. The number of hydrogen-bond acceptors (Lipinski definition) is 5. The maximum Gasteiger partial charge on any atom is 0.407 e. The molecular weight excluding hydrogens is 434 g/mol. The van der Waals surface area contributed by atoms with Gasteiger partial charge < -0.3 is 24.3 Å². The van der Waals surface area contributed by atoms with E-state index in [1.807, 2.05) is 61.5 Å². The van der Waals surface area contributed by atoms with E-state index in [2.05, 4.69) is 39.2 Å². The highest BCUT2D eigenvalue weighted by Crippen LogP contribution is 2.37. The van der Waals surface area contributed by atoms with E-state index in [1.165, 1.54) is 0 Å². The van der Waals surface area contributed by atoms with Gasteiger partial charge in [-0.2, -0.15) is 0 Å². The molecular formula is C26H37NO5Si. The molecule has 3 rings (SSSR count). The summed E-state index contributed by atoms with van der Waals surface area (Å²) >= 11 is 0. The molecule has 0 bridgehead atoms. The van der Waals surface area contributed by atoms with E-state index in [0.717, 1.165) is 16.9 Å². The van der Waals surface area contributed by atoms with Crippen LogP contribution in [-0.2, 0) is 22.5 Å². The van der Waals surface area contributed by atoms with Crippen molar-refractivity contribution in [1.29, 1.82) is 0 Å². The van der Waals surface area contributed by atoms with Gasteiger partial charge in [0.25, 0.3) is 0 Å². The van der Waals surface area contributed by atoms with Gasteiger partial charge in [-0.1, -0.05) is 63.2 Å². The van der Waals surface area contributed by atoms with Crippen LogP contribution in [0.2, 0.25) is 18.1 Å². The first-order chi connectivity index (χ1) is 15.4. The molecule has 0 saturated carbocycles. The van der Waals surface area contributed by atoms with Crippen LogP contribution < -0.4 is 9.74 Å². The van der Waals surface area contributed by atoms with Crippen molar-refractivity contribution in [2.24, 2.45) is 0 Å². The van der Waals surface area contributed by atoms with Crippen molar-refractivity contribution in [3.8, 4) is 5.75 Å². The first kappa shape index (κ1) is 25.3. The van der Waals surface area contributed by atoms with Crippen molar-refractivity contribution >= 4 is 14.4 Å². The van der Waals surface area contributed by atoms with E-state index in [1.54, 1.807) is 0 Å². The molecule has 1 unspecified atom stereocenters. The number of carbonyl (C=O) groups is 1. The highest BCUT2D eigenvalue weighted by atomic mass is 28.4. The van der Waals surface area contributed by atoms with Gasteiger partial charge in [0, 0.05) is 0 Å². The molecule has 1 fully saturated rings. The lowest BCUT2D eigenvalue weighted by Crippen LogP contribution is -2.50. The largest absolute Gasteiger partial charge is 0.544 e. The summed E-state index contributed by atoms with van der Waals surface area (Å²) in [6, 6.07) is 16.8. The van der Waals surface area contributed by atoms with Crippen molar-refractivity contribution in [3.63, 3.8) is 0 Å². The Bertz CT molecular complexity index is 920. The first-order valence-corrected chi connectivity index (χ1v) is 14.4. The van der Waals surface area contributed by atoms with Gasteiger partial charge in [-0.25, -0.2) is 4.79 Å². The van der Waals surface area contributed by atoms with Crippen LogP contribution >= 0.6 is 0 Å². The van der Waals surface area contributed by atoms with E-state index >= 15 is 0 Å². The average Bonchev–Trinajstić information content (AvgIpc) is 3.51. The number of alkyl carbamates (subject to hydrolysis) is 1. The van der Waals surface area contributed by atoms with E-state index in [4.69, 9.17) is 13.9 Å². The zero-order valence-electron chi connectivity index (χ0n) is 20.6. The SMILES string of the molecule is CC1([C@@H](O)[C@H](Cc2ccc(O[Si](C)(C)C(C)(C)C)cc2)NC(=O)OCc2ccccc2)CO1. The number of aliphatic hydroxyl groups excluding tert-OH is 1. The quantitative estimate of drug-likeness (QED) is 0.395. The van der Waals surface area contributed by atoms with Crippen molar-refractivity contribution in [3.05, 3.63) is 65.7 Å². The monoisotopic (exact) mass is 471 g/mol. The highest BCUT2D eigenvalue weighted by molar-refractivity contribution is 6.74. The van der Waals surface area contributed by atoms with Crippen LogP contribution in [-0.4, -0.2) is 43.9 Å². The van der Waals surface area contributed by atoms with Crippen LogP contribution in [0.25, 0.3) is 0 Å². The van der Waals surface area contributed by atoms with Crippen LogP contribution in [0.3, 0.4) is 0 Å². The zero-order valence-corrected chi connectivity index (χ0v) is 21.6.